The molecular weight excluding hydrogens is 654 g/mol. The van der Waals surface area contributed by atoms with Gasteiger partial charge in [0.15, 0.2) is 12.1 Å². The van der Waals surface area contributed by atoms with Gasteiger partial charge in [0.2, 0.25) is 0 Å². The predicted octanol–water partition coefficient (Wildman–Crippen LogP) is 11.3. The lowest BCUT2D eigenvalue weighted by Gasteiger charge is -2.31. The number of hydrogen-bond donors (Lipinski definition) is 1. The van der Waals surface area contributed by atoms with Gasteiger partial charge in [0, 0.05) is 19.3 Å². The number of nitrogens with zero attached hydrogens (tertiary/aromatic N) is 1. The summed E-state index contributed by atoms with van der Waals surface area (Å²) in [5.41, 5.74) is 0. The summed E-state index contributed by atoms with van der Waals surface area (Å²) in [6.45, 7) is 4.67. The largest absolute Gasteiger partial charge is 0.477 e. The average Bonchev–Trinajstić information content (AvgIpc) is 3.09. The maximum atomic E-state index is 12.7. The minimum atomic E-state index is -0.879. The fraction of sp³-hybridized carbons (Fsp3) is 0.841. The summed E-state index contributed by atoms with van der Waals surface area (Å²) in [5.74, 6) is -1.51. The van der Waals surface area contributed by atoms with Gasteiger partial charge < -0.3 is 23.8 Å². The van der Waals surface area contributed by atoms with Crippen molar-refractivity contribution < 1.29 is 38.2 Å². The number of aliphatic carboxylic acids is 1. The number of ether oxygens (including phenoxy) is 3. The van der Waals surface area contributed by atoms with Gasteiger partial charge in [-0.25, -0.2) is 4.79 Å². The molecule has 0 aliphatic rings. The summed E-state index contributed by atoms with van der Waals surface area (Å²) in [4.78, 5) is 36.8. The Labute approximate surface area is 320 Å². The maximum Gasteiger partial charge on any atom is 0.362 e. The third-order valence-electron chi connectivity index (χ3n) is 9.57. The third kappa shape index (κ3) is 33.6. The van der Waals surface area contributed by atoms with Crippen LogP contribution in [0.3, 0.4) is 0 Å². The van der Waals surface area contributed by atoms with Crippen LogP contribution in [0.4, 0.5) is 0 Å². The Kier molecular flexibility index (Phi) is 34.3. The average molecular weight is 737 g/mol. The fourth-order valence-corrected chi connectivity index (χ4v) is 6.21. The lowest BCUT2D eigenvalue weighted by atomic mass is 10.1. The van der Waals surface area contributed by atoms with Crippen molar-refractivity contribution in [3.63, 3.8) is 0 Å². The molecule has 0 saturated heterocycles. The van der Waals surface area contributed by atoms with Crippen LogP contribution >= 0.6 is 0 Å². The van der Waals surface area contributed by atoms with Gasteiger partial charge in [-0.3, -0.25) is 9.59 Å². The number of carboxylic acids is 1. The van der Waals surface area contributed by atoms with E-state index in [0.717, 1.165) is 32.1 Å². The number of unbranched alkanes of at least 4 members (excludes halogenated alkanes) is 20. The summed E-state index contributed by atoms with van der Waals surface area (Å²) in [5, 5.41) is 9.59. The fourth-order valence-electron chi connectivity index (χ4n) is 6.21. The van der Waals surface area contributed by atoms with E-state index in [4.69, 9.17) is 14.2 Å². The van der Waals surface area contributed by atoms with Crippen molar-refractivity contribution in [3.8, 4) is 0 Å². The summed E-state index contributed by atoms with van der Waals surface area (Å²) >= 11 is 0. The first-order valence-electron chi connectivity index (χ1n) is 21.4. The minimum Gasteiger partial charge on any atom is -0.477 e. The van der Waals surface area contributed by atoms with E-state index in [2.05, 4.69) is 38.2 Å². The zero-order valence-electron chi connectivity index (χ0n) is 34.5. The molecule has 0 aromatic heterocycles. The van der Waals surface area contributed by atoms with Crippen LogP contribution in [-0.2, 0) is 28.6 Å². The molecule has 0 aromatic carbocycles. The molecule has 0 bridgehead atoms. The zero-order chi connectivity index (χ0) is 38.5. The van der Waals surface area contributed by atoms with Gasteiger partial charge in [0.05, 0.1) is 34.4 Å². The molecule has 304 valence electrons. The summed E-state index contributed by atoms with van der Waals surface area (Å²) in [6, 6.07) is -0.615. The molecule has 0 radical (unpaired) electrons. The predicted molar refractivity (Wildman–Crippen MR) is 215 cm³/mol. The van der Waals surface area contributed by atoms with Gasteiger partial charge in [0.25, 0.3) is 0 Å². The zero-order valence-corrected chi connectivity index (χ0v) is 34.5. The second kappa shape index (κ2) is 35.8. The van der Waals surface area contributed by atoms with Crippen LogP contribution in [0, 0.1) is 0 Å². The van der Waals surface area contributed by atoms with Crippen molar-refractivity contribution in [2.24, 2.45) is 0 Å². The van der Waals surface area contributed by atoms with Crippen molar-refractivity contribution in [1.29, 1.82) is 0 Å². The third-order valence-corrected chi connectivity index (χ3v) is 9.57. The molecule has 52 heavy (non-hydrogen) atoms. The molecule has 0 rings (SSSR count). The van der Waals surface area contributed by atoms with E-state index in [1.165, 1.54) is 116 Å². The lowest BCUT2D eigenvalue weighted by Crippen LogP contribution is -2.50. The standard InChI is InChI=1S/C44H81NO7/c1-6-8-10-12-14-16-17-18-19-20-21-22-23-24-25-27-29-31-33-35-43(47)52-40(38-50-37-36-41(44(48)49)45(3,4)5)39-51-42(46)34-32-30-28-26-15-13-11-9-7-2/h20-21,26,28,40-41H,6-19,22-25,27,29-39H2,1-5H3/p+1/b21-20+,28-26+. The number of carbonyl (C=O) groups excluding carboxylic acids is 2. The van der Waals surface area contributed by atoms with Crippen molar-refractivity contribution in [2.75, 3.05) is 41.0 Å². The number of esters is 2. The van der Waals surface area contributed by atoms with Crippen molar-refractivity contribution >= 4 is 17.9 Å². The van der Waals surface area contributed by atoms with Gasteiger partial charge in [0.1, 0.15) is 6.61 Å². The number of likely N-dealkylation sites (N-methyl/N-ethyl adjacent to an activating group) is 1. The SMILES string of the molecule is CCCCCC/C=C/CCCC(=O)OCC(COCCC(C(=O)O)[N+](C)(C)C)OC(=O)CCCCCCCCC/C=C/CCCCCCCCCC. The minimum absolute atomic E-state index is 0.0532. The molecule has 0 saturated carbocycles. The smallest absolute Gasteiger partial charge is 0.362 e. The molecule has 0 spiro atoms. The Morgan fingerprint density at radius 2 is 0.981 bits per heavy atom. The Morgan fingerprint density at radius 1 is 0.558 bits per heavy atom. The molecule has 0 aromatic rings. The van der Waals surface area contributed by atoms with Gasteiger partial charge >= 0.3 is 17.9 Å². The Morgan fingerprint density at radius 3 is 1.46 bits per heavy atom. The highest BCUT2D eigenvalue weighted by Gasteiger charge is 2.31. The molecule has 0 amide bonds. The van der Waals surface area contributed by atoms with Crippen LogP contribution in [0.2, 0.25) is 0 Å². The molecule has 1 N–H and O–H groups in total. The Hall–Kier alpha value is -2.19. The van der Waals surface area contributed by atoms with Crippen molar-refractivity contribution in [3.05, 3.63) is 24.3 Å². The number of allylic oxidation sites excluding steroid dienone is 4. The van der Waals surface area contributed by atoms with Gasteiger partial charge in [-0.2, -0.15) is 0 Å². The first kappa shape index (κ1) is 49.8. The highest BCUT2D eigenvalue weighted by atomic mass is 16.6. The summed E-state index contributed by atoms with van der Waals surface area (Å²) in [6.07, 6.45) is 38.0. The number of rotatable bonds is 38. The Balaban J connectivity index is 4.30. The Bertz CT molecular complexity index is 911. The number of quaternary nitrogens is 1. The number of carbonyl (C=O) groups is 3. The first-order valence-corrected chi connectivity index (χ1v) is 21.4. The highest BCUT2D eigenvalue weighted by molar-refractivity contribution is 5.72. The van der Waals surface area contributed by atoms with E-state index in [0.29, 0.717) is 25.7 Å². The molecule has 2 unspecified atom stereocenters. The first-order chi connectivity index (χ1) is 25.1. The summed E-state index contributed by atoms with van der Waals surface area (Å²) in [7, 11) is 5.51. The quantitative estimate of drug-likeness (QED) is 0.0291. The van der Waals surface area contributed by atoms with Crippen LogP contribution in [0.1, 0.15) is 187 Å². The van der Waals surface area contributed by atoms with Crippen LogP contribution in [0.5, 0.6) is 0 Å². The van der Waals surface area contributed by atoms with Crippen molar-refractivity contribution in [1.82, 2.24) is 0 Å². The molecule has 0 aliphatic heterocycles. The summed E-state index contributed by atoms with van der Waals surface area (Å²) < 4.78 is 17.2. The molecular formula is C44H82NO7+. The molecule has 2 atom stereocenters. The van der Waals surface area contributed by atoms with Crippen LogP contribution < -0.4 is 0 Å². The number of hydrogen-bond acceptors (Lipinski definition) is 6. The highest BCUT2D eigenvalue weighted by Crippen LogP contribution is 2.14. The van der Waals surface area contributed by atoms with E-state index in [1.54, 1.807) is 0 Å². The van der Waals surface area contributed by atoms with E-state index in [1.807, 2.05) is 21.1 Å². The van der Waals surface area contributed by atoms with Crippen LogP contribution in [0.25, 0.3) is 0 Å². The van der Waals surface area contributed by atoms with Gasteiger partial charge in [-0.05, 0) is 57.8 Å². The van der Waals surface area contributed by atoms with Gasteiger partial charge in [-0.15, -0.1) is 0 Å². The van der Waals surface area contributed by atoms with Crippen LogP contribution in [0.15, 0.2) is 24.3 Å². The van der Waals surface area contributed by atoms with Gasteiger partial charge in [-0.1, -0.05) is 134 Å². The normalized spacial score (nSPS) is 13.2. The maximum absolute atomic E-state index is 12.7. The molecule has 0 aliphatic carbocycles. The lowest BCUT2D eigenvalue weighted by molar-refractivity contribution is -0.887. The second-order valence-corrected chi connectivity index (χ2v) is 15.6. The second-order valence-electron chi connectivity index (χ2n) is 15.6. The van der Waals surface area contributed by atoms with E-state index in [9.17, 15) is 19.5 Å². The molecule has 8 heteroatoms. The van der Waals surface area contributed by atoms with E-state index >= 15 is 0 Å². The topological polar surface area (TPSA) is 99.1 Å². The monoisotopic (exact) mass is 737 g/mol. The number of carboxylic acid groups (broad SMARTS) is 1. The molecule has 0 heterocycles. The van der Waals surface area contributed by atoms with Crippen molar-refractivity contribution in [2.45, 2.75) is 199 Å². The van der Waals surface area contributed by atoms with E-state index < -0.39 is 18.1 Å². The van der Waals surface area contributed by atoms with Crippen LogP contribution in [-0.4, -0.2) is 80.6 Å². The van der Waals surface area contributed by atoms with E-state index in [-0.39, 0.29) is 36.2 Å². The molecule has 8 nitrogen and oxygen atoms in total. The molecule has 0 fully saturated rings.